The Hall–Kier alpha value is 0.0500. The van der Waals surface area contributed by atoms with E-state index in [0.29, 0.717) is 5.25 Å². The molecule has 0 heterocycles. The summed E-state index contributed by atoms with van der Waals surface area (Å²) in [6.07, 6.45) is 1.21. The molecule has 0 bridgehead atoms. The third-order valence-corrected chi connectivity index (χ3v) is 4.04. The van der Waals surface area contributed by atoms with Crippen molar-refractivity contribution >= 4 is 27.7 Å². The van der Waals surface area contributed by atoms with Gasteiger partial charge in [-0.25, -0.2) is 0 Å². The number of hydrogen-bond acceptors (Lipinski definition) is 1. The Balaban J connectivity index is 2.69. The largest absolute Gasteiger partial charge is 0.122 e. The minimum absolute atomic E-state index is 0.698. The number of rotatable bonds is 3. The van der Waals surface area contributed by atoms with Gasteiger partial charge in [-0.15, -0.1) is 11.8 Å². The Morgan fingerprint density at radius 1 is 1.42 bits per heavy atom. The molecule has 1 aromatic carbocycles. The van der Waals surface area contributed by atoms with Crippen LogP contribution in [0.2, 0.25) is 0 Å². The van der Waals surface area contributed by atoms with E-state index in [1.54, 1.807) is 0 Å². The summed E-state index contributed by atoms with van der Waals surface area (Å²) in [6, 6.07) is 8.37. The van der Waals surface area contributed by atoms with Crippen molar-refractivity contribution in [3.8, 4) is 0 Å². The minimum Gasteiger partial charge on any atom is -0.122 e. The first kappa shape index (κ1) is 10.1. The third kappa shape index (κ3) is 2.83. The van der Waals surface area contributed by atoms with Crippen LogP contribution in [0, 0.1) is 0 Å². The van der Waals surface area contributed by atoms with Crippen LogP contribution >= 0.6 is 27.7 Å². The molecule has 0 amide bonds. The first-order chi connectivity index (χ1) is 5.74. The minimum atomic E-state index is 0.698. The Labute approximate surface area is 86.9 Å². The standard InChI is InChI=1S/C10H13BrS/c1-3-8(2)12-10-7-5-4-6-9(10)11/h4-8H,3H2,1-2H3. The van der Waals surface area contributed by atoms with E-state index in [0.717, 1.165) is 0 Å². The summed E-state index contributed by atoms with van der Waals surface area (Å²) >= 11 is 5.46. The molecule has 0 radical (unpaired) electrons. The van der Waals surface area contributed by atoms with Gasteiger partial charge < -0.3 is 0 Å². The van der Waals surface area contributed by atoms with Gasteiger partial charge in [0.05, 0.1) is 0 Å². The molecule has 2 heteroatoms. The SMILES string of the molecule is CCC(C)Sc1ccccc1Br. The van der Waals surface area contributed by atoms with Gasteiger partial charge in [-0.3, -0.25) is 0 Å². The van der Waals surface area contributed by atoms with E-state index in [9.17, 15) is 0 Å². The topological polar surface area (TPSA) is 0 Å². The highest BCUT2D eigenvalue weighted by Gasteiger charge is 2.03. The van der Waals surface area contributed by atoms with Crippen molar-refractivity contribution in [2.24, 2.45) is 0 Å². The fourth-order valence-electron chi connectivity index (χ4n) is 0.840. The van der Waals surface area contributed by atoms with Crippen LogP contribution in [0.4, 0.5) is 0 Å². The van der Waals surface area contributed by atoms with Crippen molar-refractivity contribution in [3.63, 3.8) is 0 Å². The molecule has 1 rings (SSSR count). The molecule has 1 unspecified atom stereocenters. The smallest absolute Gasteiger partial charge is 0.0311 e. The molecule has 1 aromatic rings. The summed E-state index contributed by atoms with van der Waals surface area (Å²) in [7, 11) is 0. The Morgan fingerprint density at radius 2 is 2.08 bits per heavy atom. The van der Waals surface area contributed by atoms with Crippen LogP contribution in [-0.2, 0) is 0 Å². The third-order valence-electron chi connectivity index (χ3n) is 1.74. The number of benzene rings is 1. The molecule has 0 aliphatic heterocycles. The maximum absolute atomic E-state index is 3.53. The second-order valence-corrected chi connectivity index (χ2v) is 5.10. The molecule has 0 N–H and O–H groups in total. The fourth-order valence-corrected chi connectivity index (χ4v) is 2.34. The van der Waals surface area contributed by atoms with E-state index < -0.39 is 0 Å². The maximum Gasteiger partial charge on any atom is 0.0311 e. The number of thioether (sulfide) groups is 1. The number of hydrogen-bond donors (Lipinski definition) is 0. The molecule has 0 aliphatic rings. The van der Waals surface area contributed by atoms with E-state index in [-0.39, 0.29) is 0 Å². The zero-order valence-electron chi connectivity index (χ0n) is 7.38. The monoisotopic (exact) mass is 244 g/mol. The molecule has 66 valence electrons. The second-order valence-electron chi connectivity index (χ2n) is 2.77. The van der Waals surface area contributed by atoms with Crippen LogP contribution in [0.1, 0.15) is 20.3 Å². The van der Waals surface area contributed by atoms with E-state index in [1.807, 2.05) is 17.8 Å². The van der Waals surface area contributed by atoms with Gasteiger partial charge >= 0.3 is 0 Å². The highest BCUT2D eigenvalue weighted by Crippen LogP contribution is 2.31. The first-order valence-electron chi connectivity index (χ1n) is 4.15. The summed E-state index contributed by atoms with van der Waals surface area (Å²) in [5, 5.41) is 0.698. The van der Waals surface area contributed by atoms with Gasteiger partial charge in [0.25, 0.3) is 0 Å². The average Bonchev–Trinajstić information content (AvgIpc) is 2.09. The quantitative estimate of drug-likeness (QED) is 0.714. The zero-order valence-corrected chi connectivity index (χ0v) is 9.78. The van der Waals surface area contributed by atoms with E-state index >= 15 is 0 Å². The predicted molar refractivity (Wildman–Crippen MR) is 59.8 cm³/mol. The lowest BCUT2D eigenvalue weighted by atomic mass is 10.4. The molecule has 0 aromatic heterocycles. The number of halogens is 1. The molecule has 12 heavy (non-hydrogen) atoms. The summed E-state index contributed by atoms with van der Waals surface area (Å²) in [4.78, 5) is 1.34. The zero-order chi connectivity index (χ0) is 8.97. The highest BCUT2D eigenvalue weighted by molar-refractivity contribution is 9.10. The van der Waals surface area contributed by atoms with Crippen molar-refractivity contribution in [2.75, 3.05) is 0 Å². The Kier molecular flexibility index (Phi) is 4.16. The molecular weight excluding hydrogens is 232 g/mol. The maximum atomic E-state index is 3.53. The van der Waals surface area contributed by atoms with Gasteiger partial charge in [0.1, 0.15) is 0 Å². The molecule has 0 nitrogen and oxygen atoms in total. The lowest BCUT2D eigenvalue weighted by molar-refractivity contribution is 0.905. The van der Waals surface area contributed by atoms with Gasteiger partial charge in [0, 0.05) is 14.6 Å². The Bertz CT molecular complexity index is 247. The molecule has 1 atom stereocenters. The van der Waals surface area contributed by atoms with E-state index in [1.165, 1.54) is 15.8 Å². The molecule has 0 saturated carbocycles. The van der Waals surface area contributed by atoms with Crippen LogP contribution in [0.3, 0.4) is 0 Å². The summed E-state index contributed by atoms with van der Waals surface area (Å²) in [5.74, 6) is 0. The Morgan fingerprint density at radius 3 is 2.67 bits per heavy atom. The van der Waals surface area contributed by atoms with Crippen molar-refractivity contribution in [1.29, 1.82) is 0 Å². The van der Waals surface area contributed by atoms with Gasteiger partial charge in [-0.05, 0) is 34.5 Å². The first-order valence-corrected chi connectivity index (χ1v) is 5.82. The lowest BCUT2D eigenvalue weighted by Crippen LogP contribution is -1.91. The lowest BCUT2D eigenvalue weighted by Gasteiger charge is -2.08. The van der Waals surface area contributed by atoms with Crippen LogP contribution in [-0.4, -0.2) is 5.25 Å². The van der Waals surface area contributed by atoms with Gasteiger partial charge in [0.15, 0.2) is 0 Å². The van der Waals surface area contributed by atoms with Crippen molar-refractivity contribution < 1.29 is 0 Å². The van der Waals surface area contributed by atoms with Gasteiger partial charge in [0.2, 0.25) is 0 Å². The molecular formula is C10H13BrS. The molecule has 0 saturated heterocycles. The van der Waals surface area contributed by atoms with Gasteiger partial charge in [-0.1, -0.05) is 26.0 Å². The van der Waals surface area contributed by atoms with Crippen LogP contribution in [0.25, 0.3) is 0 Å². The fraction of sp³-hybridized carbons (Fsp3) is 0.400. The summed E-state index contributed by atoms with van der Waals surface area (Å²) in [5.41, 5.74) is 0. The summed E-state index contributed by atoms with van der Waals surface area (Å²) in [6.45, 7) is 4.47. The van der Waals surface area contributed by atoms with E-state index in [2.05, 4.69) is 48.0 Å². The van der Waals surface area contributed by atoms with Crippen molar-refractivity contribution in [3.05, 3.63) is 28.7 Å². The summed E-state index contributed by atoms with van der Waals surface area (Å²) < 4.78 is 1.20. The normalized spacial score (nSPS) is 12.9. The second kappa shape index (κ2) is 4.93. The van der Waals surface area contributed by atoms with Crippen LogP contribution < -0.4 is 0 Å². The molecule has 0 aliphatic carbocycles. The highest BCUT2D eigenvalue weighted by atomic mass is 79.9. The molecule has 0 fully saturated rings. The average molecular weight is 245 g/mol. The predicted octanol–water partition coefficient (Wildman–Crippen LogP) is 4.34. The van der Waals surface area contributed by atoms with Crippen molar-refractivity contribution in [1.82, 2.24) is 0 Å². The van der Waals surface area contributed by atoms with Crippen molar-refractivity contribution in [2.45, 2.75) is 30.4 Å². The van der Waals surface area contributed by atoms with Crippen LogP contribution in [0.15, 0.2) is 33.6 Å². The van der Waals surface area contributed by atoms with Crippen LogP contribution in [0.5, 0.6) is 0 Å². The van der Waals surface area contributed by atoms with Gasteiger partial charge in [-0.2, -0.15) is 0 Å². The molecule has 0 spiro atoms. The van der Waals surface area contributed by atoms with E-state index in [4.69, 9.17) is 0 Å².